The van der Waals surface area contributed by atoms with Crippen LogP contribution in [-0.2, 0) is 9.53 Å². The molecule has 1 amide bonds. The summed E-state index contributed by atoms with van der Waals surface area (Å²) in [5.41, 5.74) is 0. The van der Waals surface area contributed by atoms with E-state index in [9.17, 15) is 4.79 Å². The van der Waals surface area contributed by atoms with Crippen LogP contribution in [0, 0.1) is 5.92 Å². The SMILES string of the molecule is CNCC1COCC(=O)N1CC(C)C. The van der Waals surface area contributed by atoms with Gasteiger partial charge in [0.2, 0.25) is 5.91 Å². The molecule has 0 spiro atoms. The van der Waals surface area contributed by atoms with Crippen molar-refractivity contribution in [3.05, 3.63) is 0 Å². The summed E-state index contributed by atoms with van der Waals surface area (Å²) < 4.78 is 5.23. The molecular weight excluding hydrogens is 180 g/mol. The quantitative estimate of drug-likeness (QED) is 0.699. The second-order valence-electron chi connectivity index (χ2n) is 4.17. The number of carbonyl (C=O) groups is 1. The standard InChI is InChI=1S/C10H20N2O2/c1-8(2)5-12-9(4-11-3)6-14-7-10(12)13/h8-9,11H,4-7H2,1-3H3. The van der Waals surface area contributed by atoms with Gasteiger partial charge in [-0.05, 0) is 13.0 Å². The average Bonchev–Trinajstić information content (AvgIpc) is 2.11. The van der Waals surface area contributed by atoms with E-state index in [4.69, 9.17) is 4.74 Å². The fourth-order valence-electron chi connectivity index (χ4n) is 1.71. The number of ether oxygens (including phenoxy) is 1. The van der Waals surface area contributed by atoms with Crippen LogP contribution in [0.3, 0.4) is 0 Å². The van der Waals surface area contributed by atoms with E-state index in [-0.39, 0.29) is 18.6 Å². The van der Waals surface area contributed by atoms with Crippen molar-refractivity contribution in [3.8, 4) is 0 Å². The summed E-state index contributed by atoms with van der Waals surface area (Å²) in [5.74, 6) is 0.626. The Balaban J connectivity index is 2.56. The van der Waals surface area contributed by atoms with Gasteiger partial charge in [0, 0.05) is 13.1 Å². The van der Waals surface area contributed by atoms with Crippen LogP contribution >= 0.6 is 0 Å². The van der Waals surface area contributed by atoms with Crippen molar-refractivity contribution in [1.82, 2.24) is 10.2 Å². The minimum Gasteiger partial charge on any atom is -0.369 e. The fraction of sp³-hybridized carbons (Fsp3) is 0.900. The maximum atomic E-state index is 11.6. The molecule has 4 nitrogen and oxygen atoms in total. The first-order valence-corrected chi connectivity index (χ1v) is 5.17. The summed E-state index contributed by atoms with van der Waals surface area (Å²) in [6, 6.07) is 0.198. The van der Waals surface area contributed by atoms with E-state index in [1.165, 1.54) is 0 Å². The molecule has 1 aliphatic heterocycles. The van der Waals surface area contributed by atoms with Crippen LogP contribution in [0.4, 0.5) is 0 Å². The molecule has 1 aliphatic rings. The van der Waals surface area contributed by atoms with Crippen LogP contribution in [0.1, 0.15) is 13.8 Å². The molecule has 1 heterocycles. The van der Waals surface area contributed by atoms with Crippen molar-refractivity contribution < 1.29 is 9.53 Å². The molecule has 0 radical (unpaired) electrons. The van der Waals surface area contributed by atoms with Gasteiger partial charge in [-0.15, -0.1) is 0 Å². The predicted molar refractivity (Wildman–Crippen MR) is 55.1 cm³/mol. The summed E-state index contributed by atoms with van der Waals surface area (Å²) in [6.45, 7) is 6.78. The van der Waals surface area contributed by atoms with Crippen molar-refractivity contribution in [2.24, 2.45) is 5.92 Å². The zero-order valence-corrected chi connectivity index (χ0v) is 9.25. The highest BCUT2D eigenvalue weighted by molar-refractivity contribution is 5.78. The lowest BCUT2D eigenvalue weighted by molar-refractivity contribution is -0.148. The van der Waals surface area contributed by atoms with Gasteiger partial charge in [-0.3, -0.25) is 4.79 Å². The Kier molecular flexibility index (Phi) is 4.35. The number of likely N-dealkylation sites (N-methyl/N-ethyl adjacent to an activating group) is 1. The lowest BCUT2D eigenvalue weighted by Crippen LogP contribution is -2.54. The number of nitrogens with zero attached hydrogens (tertiary/aromatic N) is 1. The van der Waals surface area contributed by atoms with Gasteiger partial charge in [0.05, 0.1) is 12.6 Å². The number of morpholine rings is 1. The van der Waals surface area contributed by atoms with E-state index < -0.39 is 0 Å². The molecule has 0 aromatic rings. The van der Waals surface area contributed by atoms with Crippen LogP contribution in [0.2, 0.25) is 0 Å². The Hall–Kier alpha value is -0.610. The molecule has 82 valence electrons. The highest BCUT2D eigenvalue weighted by Gasteiger charge is 2.28. The van der Waals surface area contributed by atoms with Crippen LogP contribution in [0.25, 0.3) is 0 Å². The predicted octanol–water partition coefficient (Wildman–Crippen LogP) is 0.0892. The molecule has 0 bridgehead atoms. The number of nitrogens with one attached hydrogen (secondary N) is 1. The third-order valence-corrected chi connectivity index (χ3v) is 2.30. The number of rotatable bonds is 4. The zero-order valence-electron chi connectivity index (χ0n) is 9.25. The minimum atomic E-state index is 0.116. The lowest BCUT2D eigenvalue weighted by atomic mass is 10.1. The smallest absolute Gasteiger partial charge is 0.248 e. The number of amides is 1. The number of hydrogen-bond acceptors (Lipinski definition) is 3. The zero-order chi connectivity index (χ0) is 10.6. The minimum absolute atomic E-state index is 0.116. The maximum Gasteiger partial charge on any atom is 0.248 e. The van der Waals surface area contributed by atoms with Crippen LogP contribution in [0.5, 0.6) is 0 Å². The van der Waals surface area contributed by atoms with Gasteiger partial charge in [0.1, 0.15) is 6.61 Å². The summed E-state index contributed by atoms with van der Waals surface area (Å²) in [6.07, 6.45) is 0. The molecule has 0 aromatic heterocycles. The molecule has 14 heavy (non-hydrogen) atoms. The summed E-state index contributed by atoms with van der Waals surface area (Å²) in [5, 5.41) is 3.09. The third-order valence-electron chi connectivity index (χ3n) is 2.30. The molecule has 1 saturated heterocycles. The second-order valence-corrected chi connectivity index (χ2v) is 4.17. The lowest BCUT2D eigenvalue weighted by Gasteiger charge is -2.36. The molecule has 1 rings (SSSR count). The molecule has 1 atom stereocenters. The molecule has 0 saturated carbocycles. The van der Waals surface area contributed by atoms with E-state index in [0.717, 1.165) is 13.1 Å². The first-order valence-electron chi connectivity index (χ1n) is 5.17. The Morgan fingerprint density at radius 1 is 1.64 bits per heavy atom. The van der Waals surface area contributed by atoms with Crippen molar-refractivity contribution in [3.63, 3.8) is 0 Å². The topological polar surface area (TPSA) is 41.6 Å². The van der Waals surface area contributed by atoms with E-state index in [2.05, 4.69) is 19.2 Å². The second kappa shape index (κ2) is 5.32. The number of hydrogen-bond donors (Lipinski definition) is 1. The summed E-state index contributed by atoms with van der Waals surface area (Å²) in [4.78, 5) is 13.5. The Morgan fingerprint density at radius 2 is 2.36 bits per heavy atom. The van der Waals surface area contributed by atoms with Gasteiger partial charge in [0.15, 0.2) is 0 Å². The van der Waals surface area contributed by atoms with Crippen LogP contribution in [0.15, 0.2) is 0 Å². The van der Waals surface area contributed by atoms with E-state index >= 15 is 0 Å². The monoisotopic (exact) mass is 200 g/mol. The maximum absolute atomic E-state index is 11.6. The van der Waals surface area contributed by atoms with Gasteiger partial charge < -0.3 is 15.0 Å². The van der Waals surface area contributed by atoms with Gasteiger partial charge >= 0.3 is 0 Å². The van der Waals surface area contributed by atoms with E-state index in [0.29, 0.717) is 12.5 Å². The third kappa shape index (κ3) is 2.96. The van der Waals surface area contributed by atoms with Gasteiger partial charge in [-0.25, -0.2) is 0 Å². The normalized spacial score (nSPS) is 23.3. The molecule has 1 fully saturated rings. The van der Waals surface area contributed by atoms with Crippen LogP contribution < -0.4 is 5.32 Å². The first-order chi connectivity index (χ1) is 6.65. The molecular formula is C10H20N2O2. The Labute approximate surface area is 85.6 Å². The van der Waals surface area contributed by atoms with Crippen molar-refractivity contribution in [2.45, 2.75) is 19.9 Å². The van der Waals surface area contributed by atoms with Crippen molar-refractivity contribution in [2.75, 3.05) is 33.4 Å². The van der Waals surface area contributed by atoms with Gasteiger partial charge in [-0.1, -0.05) is 13.8 Å². The van der Waals surface area contributed by atoms with Gasteiger partial charge in [-0.2, -0.15) is 0 Å². The van der Waals surface area contributed by atoms with Crippen molar-refractivity contribution in [1.29, 1.82) is 0 Å². The van der Waals surface area contributed by atoms with Crippen LogP contribution in [-0.4, -0.2) is 50.2 Å². The molecule has 1 unspecified atom stereocenters. The van der Waals surface area contributed by atoms with E-state index in [1.54, 1.807) is 0 Å². The van der Waals surface area contributed by atoms with Gasteiger partial charge in [0.25, 0.3) is 0 Å². The largest absolute Gasteiger partial charge is 0.369 e. The molecule has 0 aliphatic carbocycles. The molecule has 0 aromatic carbocycles. The highest BCUT2D eigenvalue weighted by atomic mass is 16.5. The number of carbonyl (C=O) groups excluding carboxylic acids is 1. The molecule has 1 N–H and O–H groups in total. The molecule has 4 heteroatoms. The summed E-state index contributed by atoms with van der Waals surface area (Å²) >= 11 is 0. The van der Waals surface area contributed by atoms with E-state index in [1.807, 2.05) is 11.9 Å². The average molecular weight is 200 g/mol. The Bertz CT molecular complexity index is 193. The fourth-order valence-corrected chi connectivity index (χ4v) is 1.71. The summed E-state index contributed by atoms with van der Waals surface area (Å²) in [7, 11) is 1.90. The van der Waals surface area contributed by atoms with Crippen molar-refractivity contribution >= 4 is 5.91 Å². The highest BCUT2D eigenvalue weighted by Crippen LogP contribution is 2.10. The first kappa shape index (κ1) is 11.5. The Morgan fingerprint density at radius 3 is 2.93 bits per heavy atom.